The molecule has 0 spiro atoms. The summed E-state index contributed by atoms with van der Waals surface area (Å²) in [7, 11) is -4.08. The molecule has 314 valence electrons. The Morgan fingerprint density at radius 3 is 2.50 bits per heavy atom. The summed E-state index contributed by atoms with van der Waals surface area (Å²) in [5.41, 5.74) is -2.29. The second kappa shape index (κ2) is 16.3. The van der Waals surface area contributed by atoms with Gasteiger partial charge in [0, 0.05) is 24.1 Å². The van der Waals surface area contributed by atoms with Gasteiger partial charge in [0.25, 0.3) is 11.9 Å². The summed E-state index contributed by atoms with van der Waals surface area (Å²) < 4.78 is 90.9. The normalized spacial score (nSPS) is 23.0. The molecule has 3 aromatic rings. The van der Waals surface area contributed by atoms with Crippen molar-refractivity contribution in [1.29, 1.82) is 0 Å². The highest BCUT2D eigenvalue weighted by atomic mass is 32.2. The molecule has 58 heavy (non-hydrogen) atoms. The Kier molecular flexibility index (Phi) is 11.9. The number of ether oxygens (including phenoxy) is 1. The first-order chi connectivity index (χ1) is 27.3. The molecular formula is C39H48F4N8O6S. The molecule has 14 nitrogen and oxygen atoms in total. The van der Waals surface area contributed by atoms with Gasteiger partial charge in [0.1, 0.15) is 41.4 Å². The van der Waals surface area contributed by atoms with Gasteiger partial charge in [-0.2, -0.15) is 18.2 Å². The predicted octanol–water partition coefficient (Wildman–Crippen LogP) is 5.59. The average molecular weight is 833 g/mol. The Hall–Kier alpha value is -5.07. The number of sulfonamides is 1. The molecule has 2 aromatic heterocycles. The molecule has 1 saturated heterocycles. The summed E-state index contributed by atoms with van der Waals surface area (Å²) in [6, 6.07) is -0.648. The second-order valence-electron chi connectivity index (χ2n) is 15.8. The van der Waals surface area contributed by atoms with Crippen LogP contribution in [-0.4, -0.2) is 85.6 Å². The fraction of sp³-hybridized carbons (Fsp3) is 0.538. The molecule has 0 radical (unpaired) electrons. The number of aromatic nitrogens is 4. The first-order valence-electron chi connectivity index (χ1n) is 19.2. The van der Waals surface area contributed by atoms with Crippen molar-refractivity contribution in [2.24, 2.45) is 5.92 Å². The molecule has 5 unspecified atom stereocenters. The number of hydrogen-bond acceptors (Lipinski definition) is 10. The van der Waals surface area contributed by atoms with Crippen molar-refractivity contribution in [3.8, 4) is 6.01 Å². The molecule has 3 amide bonds. The van der Waals surface area contributed by atoms with E-state index >= 15 is 0 Å². The first kappa shape index (κ1) is 42.5. The van der Waals surface area contributed by atoms with E-state index in [1.54, 1.807) is 10.6 Å². The van der Waals surface area contributed by atoms with Crippen molar-refractivity contribution in [3.05, 3.63) is 67.4 Å². The second-order valence-corrected chi connectivity index (χ2v) is 18.0. The van der Waals surface area contributed by atoms with Crippen LogP contribution in [0.3, 0.4) is 0 Å². The van der Waals surface area contributed by atoms with Gasteiger partial charge >= 0.3 is 6.18 Å². The Bertz CT molecular complexity index is 2190. The number of imidazole rings is 1. The highest BCUT2D eigenvalue weighted by molar-refractivity contribution is 7.91. The lowest BCUT2D eigenvalue weighted by Gasteiger charge is -2.30. The van der Waals surface area contributed by atoms with Crippen LogP contribution >= 0.6 is 0 Å². The monoisotopic (exact) mass is 832 g/mol. The van der Waals surface area contributed by atoms with E-state index in [0.717, 1.165) is 12.5 Å². The zero-order valence-corrected chi connectivity index (χ0v) is 33.3. The van der Waals surface area contributed by atoms with E-state index in [1.165, 1.54) is 30.4 Å². The molecule has 1 aliphatic heterocycles. The number of carbonyl (C=O) groups excluding carboxylic acids is 3. The lowest BCUT2D eigenvalue weighted by atomic mass is 10.0. The van der Waals surface area contributed by atoms with E-state index < -0.39 is 79.7 Å². The van der Waals surface area contributed by atoms with Crippen LogP contribution in [-0.2, 0) is 30.6 Å². The smallest absolute Gasteiger partial charge is 0.416 e. The molecule has 3 aliphatic rings. The fourth-order valence-corrected chi connectivity index (χ4v) is 8.64. The van der Waals surface area contributed by atoms with E-state index in [0.29, 0.717) is 55.4 Å². The van der Waals surface area contributed by atoms with Crippen LogP contribution in [0.2, 0.25) is 0 Å². The van der Waals surface area contributed by atoms with Crippen molar-refractivity contribution in [2.45, 2.75) is 119 Å². The molecular weight excluding hydrogens is 785 g/mol. The number of fused-ring (bicyclic) bond motifs is 1. The van der Waals surface area contributed by atoms with Crippen molar-refractivity contribution in [1.82, 2.24) is 34.5 Å². The number of unbranched alkanes of at least 4 members (excludes halogenated alkanes) is 3. The number of hydrogen-bond donors (Lipinski definition) is 3. The zero-order chi connectivity index (χ0) is 42.2. The van der Waals surface area contributed by atoms with E-state index in [1.807, 2.05) is 13.8 Å². The van der Waals surface area contributed by atoms with Gasteiger partial charge in [-0.15, -0.1) is 13.2 Å². The molecule has 0 bridgehead atoms. The number of likely N-dealkylation sites (tertiary alicyclic amines) is 1. The summed E-state index contributed by atoms with van der Waals surface area (Å²) in [5, 5.41) is 5.54. The van der Waals surface area contributed by atoms with Gasteiger partial charge in [-0.25, -0.2) is 22.8 Å². The number of nitrogens with one attached hydrogen (secondary N) is 3. The standard InChI is InChI=1S/C39H48F4N8O6S/c1-6-8-9-10-11-12-29(46-27-16-25(39(41,42)43)15-26(40)17-27)34(53)50-21-28(57-36-47-30-20-44-22-45-32(30)51(36)23(3)4)18-31(50)33(52)48-38(19-24(38)7-2)35(54)49-58(55,56)37(5)13-14-37/h6-7,15-17,20,22-24,28-29,31,46H,1-2,8-14,18-19,21H2,3-5H3,(H,48,52)(H,49,54). The molecule has 3 fully saturated rings. The third kappa shape index (κ3) is 8.83. The minimum Gasteiger partial charge on any atom is -0.459 e. The number of alkyl halides is 3. The molecule has 2 saturated carbocycles. The average Bonchev–Trinajstić information content (AvgIpc) is 3.99. The fourth-order valence-electron chi connectivity index (χ4n) is 7.33. The third-order valence-electron chi connectivity index (χ3n) is 11.1. The predicted molar refractivity (Wildman–Crippen MR) is 206 cm³/mol. The van der Waals surface area contributed by atoms with Crippen LogP contribution in [0.15, 0.2) is 56.0 Å². The number of benzene rings is 1. The van der Waals surface area contributed by atoms with Crippen LogP contribution in [0, 0.1) is 11.7 Å². The third-order valence-corrected chi connectivity index (χ3v) is 13.3. The van der Waals surface area contributed by atoms with Crippen molar-refractivity contribution in [3.63, 3.8) is 0 Å². The largest absolute Gasteiger partial charge is 0.459 e. The van der Waals surface area contributed by atoms with Gasteiger partial charge in [0.2, 0.25) is 21.8 Å². The summed E-state index contributed by atoms with van der Waals surface area (Å²) in [6.45, 7) is 12.6. The topological polar surface area (TPSA) is 178 Å². The van der Waals surface area contributed by atoms with Crippen LogP contribution in [0.1, 0.15) is 90.2 Å². The maximum Gasteiger partial charge on any atom is 0.416 e. The van der Waals surface area contributed by atoms with E-state index in [-0.39, 0.29) is 43.5 Å². The number of carbonyl (C=O) groups is 3. The molecule has 5 atom stereocenters. The highest BCUT2D eigenvalue weighted by Crippen LogP contribution is 2.47. The Balaban J connectivity index is 1.32. The number of amides is 3. The summed E-state index contributed by atoms with van der Waals surface area (Å²) in [5.74, 6) is -4.19. The van der Waals surface area contributed by atoms with Gasteiger partial charge in [0.05, 0.1) is 23.1 Å². The van der Waals surface area contributed by atoms with Crippen molar-refractivity contribution in [2.75, 3.05) is 11.9 Å². The quantitative estimate of drug-likeness (QED) is 0.0832. The van der Waals surface area contributed by atoms with Gasteiger partial charge < -0.3 is 20.3 Å². The molecule has 19 heteroatoms. The van der Waals surface area contributed by atoms with E-state index in [4.69, 9.17) is 4.74 Å². The highest BCUT2D eigenvalue weighted by Gasteiger charge is 2.63. The van der Waals surface area contributed by atoms with Gasteiger partial charge in [-0.3, -0.25) is 23.7 Å². The maximum absolute atomic E-state index is 14.7. The lowest BCUT2D eigenvalue weighted by molar-refractivity contribution is -0.140. The first-order valence-corrected chi connectivity index (χ1v) is 20.7. The zero-order valence-electron chi connectivity index (χ0n) is 32.5. The van der Waals surface area contributed by atoms with Crippen LogP contribution in [0.5, 0.6) is 6.01 Å². The summed E-state index contributed by atoms with van der Waals surface area (Å²) >= 11 is 0. The Labute approximate surface area is 334 Å². The number of anilines is 1. The molecule has 2 aliphatic carbocycles. The number of allylic oxidation sites excluding steroid dienone is 1. The minimum atomic E-state index is -4.87. The van der Waals surface area contributed by atoms with Gasteiger partial charge in [0.15, 0.2) is 5.65 Å². The minimum absolute atomic E-state index is 0.0519. The summed E-state index contributed by atoms with van der Waals surface area (Å²) in [4.78, 5) is 56.9. The summed E-state index contributed by atoms with van der Waals surface area (Å²) in [6.07, 6.45) is 3.63. The Morgan fingerprint density at radius 2 is 1.86 bits per heavy atom. The van der Waals surface area contributed by atoms with Crippen LogP contribution in [0.25, 0.3) is 11.2 Å². The number of halogens is 4. The van der Waals surface area contributed by atoms with Crippen LogP contribution < -0.4 is 20.1 Å². The van der Waals surface area contributed by atoms with Crippen LogP contribution in [0.4, 0.5) is 23.2 Å². The molecule has 3 N–H and O–H groups in total. The maximum atomic E-state index is 14.7. The number of nitrogens with zero attached hydrogens (tertiary/aromatic N) is 5. The SMILES string of the molecule is C=CCCCCCC(Nc1cc(F)cc(C(F)(F)F)c1)C(=O)N1CC(Oc2nc3cncnc3n2C(C)C)CC1C(=O)NC1(C(=O)NS(=O)(=O)C2(C)CC2)CC1C=C. The lowest BCUT2D eigenvalue weighted by Crippen LogP contribution is -2.58. The van der Waals surface area contributed by atoms with Crippen molar-refractivity contribution < 1.29 is 45.1 Å². The van der Waals surface area contributed by atoms with Gasteiger partial charge in [-0.05, 0) is 77.5 Å². The Morgan fingerprint density at radius 1 is 1.12 bits per heavy atom. The molecule has 1 aromatic carbocycles. The van der Waals surface area contributed by atoms with E-state index in [9.17, 15) is 40.4 Å². The van der Waals surface area contributed by atoms with Gasteiger partial charge in [-0.1, -0.05) is 25.0 Å². The van der Waals surface area contributed by atoms with E-state index in [2.05, 4.69) is 43.5 Å². The number of rotatable bonds is 18. The van der Waals surface area contributed by atoms with Crippen molar-refractivity contribution >= 4 is 44.6 Å². The molecule has 3 heterocycles. The molecule has 6 rings (SSSR count).